The molecule has 1 fully saturated rings. The Kier molecular flexibility index (Phi) is 4.71. The Bertz CT molecular complexity index is 697. The molecule has 0 aliphatic carbocycles. The molecule has 1 aromatic heterocycles. The van der Waals surface area contributed by atoms with Gasteiger partial charge >= 0.3 is 0 Å². The number of carbonyl (C=O) groups excluding carboxylic acids is 1. The Balaban J connectivity index is 1.77. The predicted octanol–water partition coefficient (Wildman–Crippen LogP) is 3.28. The highest BCUT2D eigenvalue weighted by molar-refractivity contribution is 5.88. The molecule has 1 aliphatic heterocycles. The maximum atomic E-state index is 12.3. The van der Waals surface area contributed by atoms with Crippen molar-refractivity contribution < 1.29 is 9.21 Å². The number of benzene rings is 1. The lowest BCUT2D eigenvalue weighted by Crippen LogP contribution is -2.46. The van der Waals surface area contributed by atoms with Crippen molar-refractivity contribution in [2.24, 2.45) is 0 Å². The fraction of sp³-hybridized carbons (Fsp3) is 0.526. The van der Waals surface area contributed by atoms with Crippen LogP contribution in [0.1, 0.15) is 49.3 Å². The number of nitrogens with one attached hydrogen (secondary N) is 2. The van der Waals surface area contributed by atoms with Crippen LogP contribution in [0.15, 0.2) is 22.8 Å². The zero-order chi connectivity index (χ0) is 16.4. The molecule has 1 amide bonds. The van der Waals surface area contributed by atoms with Crippen LogP contribution in [0.3, 0.4) is 0 Å². The standard InChI is InChI=1S/C19H26N2O2/c1-12(2)16-9-17-14(11-23-18(17)7-13(16)3)8-19(22)21-15-5-4-6-20-10-15/h7,9,11-12,15,20H,4-6,8,10H2,1-3H3,(H,21,22). The molecule has 1 aromatic carbocycles. The second-order valence-electron chi connectivity index (χ2n) is 6.91. The molecule has 1 aliphatic rings. The summed E-state index contributed by atoms with van der Waals surface area (Å²) in [6.07, 6.45) is 4.29. The van der Waals surface area contributed by atoms with E-state index in [9.17, 15) is 4.79 Å². The molecule has 4 heteroatoms. The number of carbonyl (C=O) groups is 1. The normalized spacial score (nSPS) is 18.5. The molecule has 0 spiro atoms. The van der Waals surface area contributed by atoms with Crippen LogP contribution in [0.2, 0.25) is 0 Å². The summed E-state index contributed by atoms with van der Waals surface area (Å²) in [6, 6.07) is 4.52. The third-order valence-corrected chi connectivity index (χ3v) is 4.68. The minimum atomic E-state index is 0.0769. The minimum Gasteiger partial charge on any atom is -0.464 e. The zero-order valence-corrected chi connectivity index (χ0v) is 14.2. The lowest BCUT2D eigenvalue weighted by Gasteiger charge is -2.23. The van der Waals surface area contributed by atoms with E-state index in [1.807, 2.05) is 0 Å². The molecular formula is C19H26N2O2. The Labute approximate surface area is 137 Å². The lowest BCUT2D eigenvalue weighted by atomic mass is 9.95. The molecule has 1 unspecified atom stereocenters. The maximum absolute atomic E-state index is 12.3. The van der Waals surface area contributed by atoms with Gasteiger partial charge in [-0.3, -0.25) is 4.79 Å². The Morgan fingerprint density at radius 1 is 1.43 bits per heavy atom. The topological polar surface area (TPSA) is 54.3 Å². The molecule has 2 aromatic rings. The van der Waals surface area contributed by atoms with Gasteiger partial charge in [0.2, 0.25) is 5.91 Å². The van der Waals surface area contributed by atoms with Gasteiger partial charge in [0.25, 0.3) is 0 Å². The van der Waals surface area contributed by atoms with Crippen LogP contribution in [-0.4, -0.2) is 25.0 Å². The molecule has 0 bridgehead atoms. The summed E-state index contributed by atoms with van der Waals surface area (Å²) in [5.41, 5.74) is 4.40. The van der Waals surface area contributed by atoms with Gasteiger partial charge in [-0.05, 0) is 55.5 Å². The van der Waals surface area contributed by atoms with Gasteiger partial charge in [0.15, 0.2) is 0 Å². The summed E-state index contributed by atoms with van der Waals surface area (Å²) in [4.78, 5) is 12.3. The van der Waals surface area contributed by atoms with Crippen LogP contribution in [-0.2, 0) is 11.2 Å². The van der Waals surface area contributed by atoms with E-state index in [0.717, 1.165) is 42.5 Å². The summed E-state index contributed by atoms with van der Waals surface area (Å²) < 4.78 is 5.66. The number of rotatable bonds is 4. The van der Waals surface area contributed by atoms with E-state index in [1.165, 1.54) is 11.1 Å². The molecule has 0 saturated carbocycles. The first-order valence-electron chi connectivity index (χ1n) is 8.55. The first kappa shape index (κ1) is 16.1. The largest absolute Gasteiger partial charge is 0.464 e. The van der Waals surface area contributed by atoms with Crippen molar-refractivity contribution in [3.05, 3.63) is 35.1 Å². The van der Waals surface area contributed by atoms with Gasteiger partial charge in [-0.1, -0.05) is 13.8 Å². The van der Waals surface area contributed by atoms with Crippen molar-refractivity contribution in [2.75, 3.05) is 13.1 Å². The predicted molar refractivity (Wildman–Crippen MR) is 92.8 cm³/mol. The van der Waals surface area contributed by atoms with Crippen LogP contribution in [0.5, 0.6) is 0 Å². The quantitative estimate of drug-likeness (QED) is 0.910. The molecule has 1 atom stereocenters. The highest BCUT2D eigenvalue weighted by Gasteiger charge is 2.18. The fourth-order valence-electron chi connectivity index (χ4n) is 3.43. The number of furan rings is 1. The van der Waals surface area contributed by atoms with Crippen LogP contribution in [0.25, 0.3) is 11.0 Å². The first-order valence-corrected chi connectivity index (χ1v) is 8.55. The van der Waals surface area contributed by atoms with Crippen molar-refractivity contribution >= 4 is 16.9 Å². The molecule has 4 nitrogen and oxygen atoms in total. The Morgan fingerprint density at radius 2 is 2.26 bits per heavy atom. The number of hydrogen-bond acceptors (Lipinski definition) is 3. The average molecular weight is 314 g/mol. The second-order valence-corrected chi connectivity index (χ2v) is 6.91. The van der Waals surface area contributed by atoms with E-state index in [0.29, 0.717) is 12.3 Å². The summed E-state index contributed by atoms with van der Waals surface area (Å²) in [5.74, 6) is 0.539. The third-order valence-electron chi connectivity index (χ3n) is 4.68. The number of aryl methyl sites for hydroxylation is 1. The second kappa shape index (κ2) is 6.75. The van der Waals surface area contributed by atoms with Crippen molar-refractivity contribution in [1.29, 1.82) is 0 Å². The van der Waals surface area contributed by atoms with Gasteiger partial charge in [-0.2, -0.15) is 0 Å². The third kappa shape index (κ3) is 3.58. The molecule has 2 N–H and O–H groups in total. The summed E-state index contributed by atoms with van der Waals surface area (Å²) in [6.45, 7) is 8.41. The van der Waals surface area contributed by atoms with Crippen molar-refractivity contribution in [2.45, 2.75) is 52.0 Å². The highest BCUT2D eigenvalue weighted by atomic mass is 16.3. The van der Waals surface area contributed by atoms with Gasteiger partial charge in [-0.25, -0.2) is 0 Å². The van der Waals surface area contributed by atoms with Crippen LogP contribution < -0.4 is 10.6 Å². The van der Waals surface area contributed by atoms with E-state index >= 15 is 0 Å². The number of amides is 1. The summed E-state index contributed by atoms with van der Waals surface area (Å²) in [7, 11) is 0. The molecular weight excluding hydrogens is 288 g/mol. The molecule has 1 saturated heterocycles. The monoisotopic (exact) mass is 314 g/mol. The minimum absolute atomic E-state index is 0.0769. The summed E-state index contributed by atoms with van der Waals surface area (Å²) in [5, 5.41) is 7.52. The van der Waals surface area contributed by atoms with E-state index in [-0.39, 0.29) is 11.9 Å². The van der Waals surface area contributed by atoms with E-state index in [1.54, 1.807) is 6.26 Å². The van der Waals surface area contributed by atoms with Crippen LogP contribution in [0.4, 0.5) is 0 Å². The van der Waals surface area contributed by atoms with E-state index < -0.39 is 0 Å². The maximum Gasteiger partial charge on any atom is 0.224 e. The molecule has 0 radical (unpaired) electrons. The fourth-order valence-corrected chi connectivity index (χ4v) is 3.43. The molecule has 124 valence electrons. The molecule has 23 heavy (non-hydrogen) atoms. The molecule has 2 heterocycles. The van der Waals surface area contributed by atoms with E-state index in [4.69, 9.17) is 4.42 Å². The SMILES string of the molecule is Cc1cc2occ(CC(=O)NC3CCCNC3)c2cc1C(C)C. The van der Waals surface area contributed by atoms with Gasteiger partial charge in [-0.15, -0.1) is 0 Å². The van der Waals surface area contributed by atoms with Crippen LogP contribution in [0, 0.1) is 6.92 Å². The van der Waals surface area contributed by atoms with E-state index in [2.05, 4.69) is 43.5 Å². The van der Waals surface area contributed by atoms with Gasteiger partial charge < -0.3 is 15.1 Å². The summed E-state index contributed by atoms with van der Waals surface area (Å²) >= 11 is 0. The van der Waals surface area contributed by atoms with Gasteiger partial charge in [0.1, 0.15) is 5.58 Å². The lowest BCUT2D eigenvalue weighted by molar-refractivity contribution is -0.121. The van der Waals surface area contributed by atoms with Crippen molar-refractivity contribution in [1.82, 2.24) is 10.6 Å². The number of hydrogen-bond donors (Lipinski definition) is 2. The number of fused-ring (bicyclic) bond motifs is 1. The molecule has 3 rings (SSSR count). The Morgan fingerprint density at radius 3 is 2.96 bits per heavy atom. The average Bonchev–Trinajstić information content (AvgIpc) is 2.89. The number of piperidine rings is 1. The van der Waals surface area contributed by atoms with Gasteiger partial charge in [0, 0.05) is 23.5 Å². The van der Waals surface area contributed by atoms with Crippen molar-refractivity contribution in [3.8, 4) is 0 Å². The Hall–Kier alpha value is -1.81. The smallest absolute Gasteiger partial charge is 0.224 e. The van der Waals surface area contributed by atoms with Crippen molar-refractivity contribution in [3.63, 3.8) is 0 Å². The highest BCUT2D eigenvalue weighted by Crippen LogP contribution is 2.29. The van der Waals surface area contributed by atoms with Gasteiger partial charge in [0.05, 0.1) is 12.7 Å². The first-order chi connectivity index (χ1) is 11.0. The van der Waals surface area contributed by atoms with Crippen LogP contribution >= 0.6 is 0 Å². The zero-order valence-electron chi connectivity index (χ0n) is 14.2.